The molecule has 0 saturated heterocycles. The second-order valence-corrected chi connectivity index (χ2v) is 10.3. The maximum atomic E-state index is 12.2. The summed E-state index contributed by atoms with van der Waals surface area (Å²) in [4.78, 5) is 21.5. The molecule has 158 valence electrons. The fourth-order valence-corrected chi connectivity index (χ4v) is 5.34. The molecule has 0 aliphatic carbocycles. The molecule has 0 aromatic carbocycles. The molecule has 2 aromatic rings. The number of amides is 1. The smallest absolute Gasteiger partial charge is 0.277 e. The Morgan fingerprint density at radius 3 is 2.55 bits per heavy atom. The number of aliphatic imine (C=N–C) groups is 1. The summed E-state index contributed by atoms with van der Waals surface area (Å²) in [6.45, 7) is 10.3. The van der Waals surface area contributed by atoms with E-state index in [2.05, 4.69) is 49.8 Å². The van der Waals surface area contributed by atoms with Gasteiger partial charge in [0.05, 0.1) is 11.1 Å². The van der Waals surface area contributed by atoms with Gasteiger partial charge in [-0.1, -0.05) is 13.8 Å². The monoisotopic (exact) mass is 433 g/mol. The predicted molar refractivity (Wildman–Crippen MR) is 126 cm³/mol. The number of ether oxygens (including phenoxy) is 1. The highest BCUT2D eigenvalue weighted by Crippen LogP contribution is 2.38. The van der Waals surface area contributed by atoms with Crippen molar-refractivity contribution in [2.75, 3.05) is 32.1 Å². The van der Waals surface area contributed by atoms with Crippen LogP contribution in [-0.2, 0) is 9.53 Å². The second-order valence-electron chi connectivity index (χ2n) is 8.09. The molecule has 3 rings (SSSR count). The molecule has 1 amide bonds. The molecule has 0 bridgehead atoms. The van der Waals surface area contributed by atoms with Crippen LogP contribution in [0.1, 0.15) is 45.4 Å². The third kappa shape index (κ3) is 5.47. The fraction of sp³-hybridized carbons (Fsp3) is 0.545. The number of amidine groups is 1. The Balaban J connectivity index is 1.58. The number of nitrogens with zero attached hydrogens (tertiary/aromatic N) is 3. The van der Waals surface area contributed by atoms with Crippen molar-refractivity contribution in [1.29, 1.82) is 0 Å². The molecule has 7 heteroatoms. The van der Waals surface area contributed by atoms with Crippen molar-refractivity contribution in [3.05, 3.63) is 22.7 Å². The maximum Gasteiger partial charge on any atom is 0.277 e. The molecule has 0 saturated carbocycles. The lowest BCUT2D eigenvalue weighted by molar-refractivity contribution is -0.121. The zero-order valence-electron chi connectivity index (χ0n) is 18.2. The van der Waals surface area contributed by atoms with E-state index in [-0.39, 0.29) is 12.0 Å². The van der Waals surface area contributed by atoms with Crippen LogP contribution in [0.3, 0.4) is 0 Å². The molecule has 1 atom stereocenters. The van der Waals surface area contributed by atoms with Gasteiger partial charge in [0.15, 0.2) is 0 Å². The van der Waals surface area contributed by atoms with Crippen molar-refractivity contribution in [1.82, 2.24) is 4.90 Å². The first-order valence-corrected chi connectivity index (χ1v) is 11.8. The third-order valence-electron chi connectivity index (χ3n) is 5.13. The Morgan fingerprint density at radius 2 is 1.93 bits per heavy atom. The standard InChI is InChI=1S/C22H31N3O2S2/c1-14(2)8-10-27-15(3)7-9-24(5)21-13-20-19(29-21)12-17(28-20)11-18-22(26)25(6)16(4)23-18/h11-15H,7-10H2,1-6H3/b18-11-. The minimum Gasteiger partial charge on any atom is -0.378 e. The molecule has 29 heavy (non-hydrogen) atoms. The summed E-state index contributed by atoms with van der Waals surface area (Å²) in [6, 6.07) is 4.40. The van der Waals surface area contributed by atoms with E-state index in [0.29, 0.717) is 11.6 Å². The van der Waals surface area contributed by atoms with E-state index in [0.717, 1.165) is 36.7 Å². The summed E-state index contributed by atoms with van der Waals surface area (Å²) in [5.41, 5.74) is 0.516. The first-order valence-electron chi connectivity index (χ1n) is 10.2. The minimum atomic E-state index is -0.0376. The first kappa shape index (κ1) is 22.0. The Kier molecular flexibility index (Phi) is 7.14. The van der Waals surface area contributed by atoms with Crippen molar-refractivity contribution in [2.45, 2.75) is 46.6 Å². The number of fused-ring (bicyclic) bond motifs is 1. The van der Waals surface area contributed by atoms with Crippen molar-refractivity contribution < 1.29 is 9.53 Å². The Labute approximate surface area is 181 Å². The van der Waals surface area contributed by atoms with Gasteiger partial charge in [0.25, 0.3) is 5.91 Å². The number of thiophene rings is 2. The fourth-order valence-electron chi connectivity index (χ4n) is 3.02. The van der Waals surface area contributed by atoms with Crippen LogP contribution in [-0.4, -0.2) is 50.0 Å². The minimum absolute atomic E-state index is 0.0376. The molecular weight excluding hydrogens is 402 g/mol. The van der Waals surface area contributed by atoms with E-state index < -0.39 is 0 Å². The average Bonchev–Trinajstić information content (AvgIpc) is 3.28. The van der Waals surface area contributed by atoms with E-state index in [4.69, 9.17) is 4.74 Å². The number of hydrogen-bond donors (Lipinski definition) is 0. The number of hydrogen-bond acceptors (Lipinski definition) is 6. The number of carbonyl (C=O) groups is 1. The summed E-state index contributed by atoms with van der Waals surface area (Å²) in [5.74, 6) is 1.39. The lowest BCUT2D eigenvalue weighted by Gasteiger charge is -2.20. The van der Waals surface area contributed by atoms with Gasteiger partial charge in [-0.05, 0) is 50.8 Å². The lowest BCUT2D eigenvalue weighted by Crippen LogP contribution is -2.25. The van der Waals surface area contributed by atoms with Crippen molar-refractivity contribution in [2.24, 2.45) is 10.9 Å². The van der Waals surface area contributed by atoms with Crippen LogP contribution in [0.4, 0.5) is 5.00 Å². The quantitative estimate of drug-likeness (QED) is 0.493. The van der Waals surface area contributed by atoms with E-state index in [9.17, 15) is 4.79 Å². The molecule has 2 aromatic heterocycles. The van der Waals surface area contributed by atoms with E-state index in [1.165, 1.54) is 14.4 Å². The molecule has 1 aliphatic heterocycles. The maximum absolute atomic E-state index is 12.2. The number of likely N-dealkylation sites (N-methyl/N-ethyl adjacent to an activating group) is 1. The van der Waals surface area contributed by atoms with Crippen LogP contribution >= 0.6 is 22.7 Å². The van der Waals surface area contributed by atoms with E-state index in [1.807, 2.05) is 13.0 Å². The Bertz CT molecular complexity index is 894. The van der Waals surface area contributed by atoms with Crippen molar-refractivity contribution in [3.63, 3.8) is 0 Å². The second kappa shape index (κ2) is 9.41. The van der Waals surface area contributed by atoms with Gasteiger partial charge < -0.3 is 9.64 Å². The molecule has 0 N–H and O–H groups in total. The first-order chi connectivity index (χ1) is 13.7. The summed E-state index contributed by atoms with van der Waals surface area (Å²) < 4.78 is 8.42. The highest BCUT2D eigenvalue weighted by molar-refractivity contribution is 7.30. The highest BCUT2D eigenvalue weighted by Gasteiger charge is 2.24. The number of rotatable bonds is 9. The topological polar surface area (TPSA) is 45.1 Å². The van der Waals surface area contributed by atoms with Crippen LogP contribution in [0.2, 0.25) is 0 Å². The molecule has 5 nitrogen and oxygen atoms in total. The lowest BCUT2D eigenvalue weighted by atomic mass is 10.1. The highest BCUT2D eigenvalue weighted by atomic mass is 32.1. The normalized spacial score (nSPS) is 17.1. The molecule has 0 fully saturated rings. The van der Waals surface area contributed by atoms with Crippen LogP contribution < -0.4 is 4.90 Å². The molecule has 3 heterocycles. The third-order valence-corrected chi connectivity index (χ3v) is 7.48. The zero-order chi connectivity index (χ0) is 21.1. The predicted octanol–water partition coefficient (Wildman–Crippen LogP) is 5.47. The summed E-state index contributed by atoms with van der Waals surface area (Å²) in [6.07, 6.45) is 4.31. The summed E-state index contributed by atoms with van der Waals surface area (Å²) >= 11 is 3.50. The average molecular weight is 434 g/mol. The van der Waals surface area contributed by atoms with Crippen LogP contribution in [0, 0.1) is 5.92 Å². The van der Waals surface area contributed by atoms with Gasteiger partial charge in [0.1, 0.15) is 11.5 Å². The van der Waals surface area contributed by atoms with Crippen molar-refractivity contribution in [3.8, 4) is 0 Å². The summed E-state index contributed by atoms with van der Waals surface area (Å²) in [5, 5.41) is 1.27. The SMILES string of the molecule is CC1=N/C(=C\c2cc3sc(N(C)CCC(C)OCCC(C)C)cc3s2)C(=O)N1C. The van der Waals surface area contributed by atoms with Crippen LogP contribution in [0.5, 0.6) is 0 Å². The van der Waals surface area contributed by atoms with Crippen molar-refractivity contribution >= 4 is 54.9 Å². The number of anilines is 1. The Hall–Kier alpha value is -1.70. The van der Waals surface area contributed by atoms with Gasteiger partial charge >= 0.3 is 0 Å². The van der Waals surface area contributed by atoms with Crippen LogP contribution in [0.25, 0.3) is 15.5 Å². The van der Waals surface area contributed by atoms with Gasteiger partial charge in [-0.15, -0.1) is 22.7 Å². The molecule has 1 aliphatic rings. The van der Waals surface area contributed by atoms with E-state index >= 15 is 0 Å². The van der Waals surface area contributed by atoms with Gasteiger partial charge in [0, 0.05) is 41.5 Å². The zero-order valence-corrected chi connectivity index (χ0v) is 19.8. The van der Waals surface area contributed by atoms with E-state index in [1.54, 1.807) is 34.6 Å². The number of carbonyl (C=O) groups excluding carboxylic acids is 1. The molecular formula is C22H31N3O2S2. The molecule has 1 unspecified atom stereocenters. The molecule has 0 spiro atoms. The largest absolute Gasteiger partial charge is 0.378 e. The van der Waals surface area contributed by atoms with Crippen LogP contribution in [0.15, 0.2) is 22.8 Å². The van der Waals surface area contributed by atoms with Gasteiger partial charge in [-0.25, -0.2) is 4.99 Å². The van der Waals surface area contributed by atoms with Gasteiger partial charge in [-0.2, -0.15) is 0 Å². The van der Waals surface area contributed by atoms with Gasteiger partial charge in [0.2, 0.25) is 0 Å². The Morgan fingerprint density at radius 1 is 1.21 bits per heavy atom. The van der Waals surface area contributed by atoms with Gasteiger partial charge in [-0.3, -0.25) is 9.69 Å². The molecule has 0 radical (unpaired) electrons. The summed E-state index contributed by atoms with van der Waals surface area (Å²) in [7, 11) is 3.90.